The van der Waals surface area contributed by atoms with Crippen molar-refractivity contribution in [3.05, 3.63) is 71.6 Å². The number of rotatable bonds is 5. The molecule has 0 aliphatic carbocycles. The molecule has 0 unspecified atom stereocenters. The van der Waals surface area contributed by atoms with Gasteiger partial charge >= 0.3 is 0 Å². The van der Waals surface area contributed by atoms with Gasteiger partial charge in [-0.1, -0.05) is 67.6 Å². The molecule has 2 aromatic carbocycles. The van der Waals surface area contributed by atoms with Crippen LogP contribution in [-0.4, -0.2) is 10.9 Å². The van der Waals surface area contributed by atoms with Crippen molar-refractivity contribution in [2.24, 2.45) is 0 Å². The van der Waals surface area contributed by atoms with Gasteiger partial charge in [-0.3, -0.25) is 9.69 Å². The minimum Gasteiger partial charge on any atom is -0.284 e. The summed E-state index contributed by atoms with van der Waals surface area (Å²) in [5.41, 5.74) is 3.08. The van der Waals surface area contributed by atoms with Crippen molar-refractivity contribution in [3.8, 4) is 11.3 Å². The Morgan fingerprint density at radius 2 is 1.70 bits per heavy atom. The van der Waals surface area contributed by atoms with Gasteiger partial charge in [0.15, 0.2) is 5.13 Å². The molecule has 4 heteroatoms. The van der Waals surface area contributed by atoms with E-state index in [0.717, 1.165) is 22.0 Å². The number of nitrogens with zero attached hydrogens (tertiary/aromatic N) is 2. The van der Waals surface area contributed by atoms with Crippen molar-refractivity contribution in [2.45, 2.75) is 19.9 Å². The Balaban J connectivity index is 1.89. The summed E-state index contributed by atoms with van der Waals surface area (Å²) in [5, 5.41) is 2.76. The molecule has 0 spiro atoms. The topological polar surface area (TPSA) is 33.2 Å². The Morgan fingerprint density at radius 1 is 1.04 bits per heavy atom. The van der Waals surface area contributed by atoms with Crippen LogP contribution >= 0.6 is 11.3 Å². The van der Waals surface area contributed by atoms with Crippen molar-refractivity contribution in [1.82, 2.24) is 4.98 Å². The van der Waals surface area contributed by atoms with E-state index < -0.39 is 0 Å². The van der Waals surface area contributed by atoms with Gasteiger partial charge in [0.25, 0.3) is 0 Å². The molecule has 116 valence electrons. The van der Waals surface area contributed by atoms with Crippen molar-refractivity contribution >= 4 is 22.4 Å². The van der Waals surface area contributed by atoms with Crippen molar-refractivity contribution in [2.75, 3.05) is 4.90 Å². The molecule has 0 fully saturated rings. The van der Waals surface area contributed by atoms with Crippen LogP contribution in [0.15, 0.2) is 66.0 Å². The fraction of sp³-hybridized carbons (Fsp3) is 0.158. The van der Waals surface area contributed by atoms with E-state index >= 15 is 0 Å². The molecule has 0 aliphatic heterocycles. The average Bonchev–Trinajstić information content (AvgIpc) is 3.10. The van der Waals surface area contributed by atoms with Crippen LogP contribution in [0.3, 0.4) is 0 Å². The smallest absolute Gasteiger partial charge is 0.228 e. The summed E-state index contributed by atoms with van der Waals surface area (Å²) in [4.78, 5) is 18.8. The molecule has 1 aromatic heterocycles. The van der Waals surface area contributed by atoms with E-state index in [1.54, 1.807) is 4.90 Å². The summed E-state index contributed by atoms with van der Waals surface area (Å²) in [5.74, 6) is 0.0859. The molecule has 0 saturated carbocycles. The number of thiazole rings is 1. The second-order valence-corrected chi connectivity index (χ2v) is 6.04. The number of carbonyl (C=O) groups is 1. The summed E-state index contributed by atoms with van der Waals surface area (Å²) in [6.45, 7) is 2.43. The molecule has 3 nitrogen and oxygen atoms in total. The number of hydrogen-bond acceptors (Lipinski definition) is 3. The van der Waals surface area contributed by atoms with E-state index in [2.05, 4.69) is 4.98 Å². The number of amides is 1. The SMILES string of the molecule is CCC(=O)N(Cc1ccccc1)c1nc(-c2ccccc2)cs1. The maximum Gasteiger partial charge on any atom is 0.228 e. The standard InChI is InChI=1S/C19H18N2OS/c1-2-18(22)21(13-15-9-5-3-6-10-15)19-20-17(14-23-19)16-11-7-4-8-12-16/h3-12,14H,2,13H2,1H3. The minimum absolute atomic E-state index is 0.0859. The first-order chi connectivity index (χ1) is 11.3. The second kappa shape index (κ2) is 7.20. The van der Waals surface area contributed by atoms with Crippen LogP contribution in [-0.2, 0) is 11.3 Å². The molecule has 1 heterocycles. The third kappa shape index (κ3) is 3.66. The Bertz CT molecular complexity index is 768. The molecule has 3 aromatic rings. The van der Waals surface area contributed by atoms with Gasteiger partial charge in [0.2, 0.25) is 5.91 Å². The molecular weight excluding hydrogens is 304 g/mol. The van der Waals surface area contributed by atoms with Crippen LogP contribution < -0.4 is 4.90 Å². The molecule has 0 bridgehead atoms. The Morgan fingerprint density at radius 3 is 2.35 bits per heavy atom. The minimum atomic E-state index is 0.0859. The average molecular weight is 322 g/mol. The van der Waals surface area contributed by atoms with E-state index in [9.17, 15) is 4.79 Å². The third-order valence-electron chi connectivity index (χ3n) is 3.58. The number of carbonyl (C=O) groups excluding carboxylic acids is 1. The molecule has 0 saturated heterocycles. The molecule has 0 N–H and O–H groups in total. The highest BCUT2D eigenvalue weighted by molar-refractivity contribution is 7.14. The lowest BCUT2D eigenvalue weighted by Crippen LogP contribution is -2.29. The first kappa shape index (κ1) is 15.4. The van der Waals surface area contributed by atoms with Gasteiger partial charge in [0.1, 0.15) is 0 Å². The van der Waals surface area contributed by atoms with Gasteiger partial charge in [0.05, 0.1) is 12.2 Å². The Labute approximate surface area is 140 Å². The van der Waals surface area contributed by atoms with Gasteiger partial charge in [0, 0.05) is 17.4 Å². The first-order valence-electron chi connectivity index (χ1n) is 7.63. The van der Waals surface area contributed by atoms with Gasteiger partial charge in [-0.15, -0.1) is 11.3 Å². The summed E-state index contributed by atoms with van der Waals surface area (Å²) < 4.78 is 0. The maximum atomic E-state index is 12.4. The summed E-state index contributed by atoms with van der Waals surface area (Å²) in [6, 6.07) is 20.0. The predicted molar refractivity (Wildman–Crippen MR) is 95.5 cm³/mol. The van der Waals surface area contributed by atoms with Gasteiger partial charge in [-0.25, -0.2) is 4.98 Å². The zero-order valence-corrected chi connectivity index (χ0v) is 13.8. The van der Waals surface area contributed by atoms with E-state index in [-0.39, 0.29) is 5.91 Å². The lowest BCUT2D eigenvalue weighted by molar-refractivity contribution is -0.118. The fourth-order valence-electron chi connectivity index (χ4n) is 2.35. The molecule has 1 amide bonds. The number of hydrogen-bond donors (Lipinski definition) is 0. The Hall–Kier alpha value is -2.46. The highest BCUT2D eigenvalue weighted by atomic mass is 32.1. The number of aromatic nitrogens is 1. The second-order valence-electron chi connectivity index (χ2n) is 5.20. The molecule has 23 heavy (non-hydrogen) atoms. The van der Waals surface area contributed by atoms with E-state index in [1.165, 1.54) is 11.3 Å². The van der Waals surface area contributed by atoms with E-state index in [0.29, 0.717) is 13.0 Å². The first-order valence-corrected chi connectivity index (χ1v) is 8.51. The number of anilines is 1. The molecule has 0 atom stereocenters. The summed E-state index contributed by atoms with van der Waals surface area (Å²) in [6.07, 6.45) is 0.465. The van der Waals surface area contributed by atoms with Crippen LogP contribution in [0, 0.1) is 0 Å². The lowest BCUT2D eigenvalue weighted by Gasteiger charge is -2.19. The largest absolute Gasteiger partial charge is 0.284 e. The van der Waals surface area contributed by atoms with Gasteiger partial charge in [-0.05, 0) is 5.56 Å². The van der Waals surface area contributed by atoms with Crippen LogP contribution in [0.2, 0.25) is 0 Å². The molecular formula is C19H18N2OS. The van der Waals surface area contributed by atoms with Crippen molar-refractivity contribution in [1.29, 1.82) is 0 Å². The monoisotopic (exact) mass is 322 g/mol. The van der Waals surface area contributed by atoms with Crippen LogP contribution in [0.5, 0.6) is 0 Å². The molecule has 0 radical (unpaired) electrons. The van der Waals surface area contributed by atoms with Crippen molar-refractivity contribution < 1.29 is 4.79 Å². The van der Waals surface area contributed by atoms with Crippen LogP contribution in [0.4, 0.5) is 5.13 Å². The fourth-order valence-corrected chi connectivity index (χ4v) is 3.20. The van der Waals surface area contributed by atoms with Gasteiger partial charge < -0.3 is 0 Å². The molecule has 3 rings (SSSR count). The number of benzene rings is 2. The normalized spacial score (nSPS) is 10.5. The highest BCUT2D eigenvalue weighted by Gasteiger charge is 2.18. The predicted octanol–water partition coefficient (Wildman–Crippen LogP) is 4.75. The van der Waals surface area contributed by atoms with Crippen LogP contribution in [0.1, 0.15) is 18.9 Å². The summed E-state index contributed by atoms with van der Waals surface area (Å²) in [7, 11) is 0. The van der Waals surface area contributed by atoms with E-state index in [4.69, 9.17) is 0 Å². The molecule has 0 aliphatic rings. The quantitative estimate of drug-likeness (QED) is 0.679. The van der Waals surface area contributed by atoms with Crippen LogP contribution in [0.25, 0.3) is 11.3 Å². The van der Waals surface area contributed by atoms with Gasteiger partial charge in [-0.2, -0.15) is 0 Å². The zero-order valence-electron chi connectivity index (χ0n) is 13.0. The third-order valence-corrected chi connectivity index (χ3v) is 4.44. The zero-order chi connectivity index (χ0) is 16.1. The summed E-state index contributed by atoms with van der Waals surface area (Å²) >= 11 is 1.51. The lowest BCUT2D eigenvalue weighted by atomic mass is 10.2. The van der Waals surface area contributed by atoms with Crippen molar-refractivity contribution in [3.63, 3.8) is 0 Å². The Kier molecular flexibility index (Phi) is 4.83. The highest BCUT2D eigenvalue weighted by Crippen LogP contribution is 2.28. The van der Waals surface area contributed by atoms with E-state index in [1.807, 2.05) is 73.0 Å². The maximum absolute atomic E-state index is 12.4.